The molecule has 0 radical (unpaired) electrons. The van der Waals surface area contributed by atoms with Gasteiger partial charge in [0.2, 0.25) is 15.9 Å². The minimum atomic E-state index is -3.60. The largest absolute Gasteiger partial charge is 0.281 e. The van der Waals surface area contributed by atoms with E-state index in [2.05, 4.69) is 10.8 Å². The molecule has 0 bridgehead atoms. The fourth-order valence-corrected chi connectivity index (χ4v) is 5.61. The third kappa shape index (κ3) is 3.32. The molecule has 5 nitrogen and oxygen atoms in total. The van der Waals surface area contributed by atoms with Crippen LogP contribution in [0, 0.1) is 0 Å². The molecule has 0 spiro atoms. The molecule has 1 heterocycles. The Morgan fingerprint density at radius 1 is 0.833 bits per heavy atom. The molecule has 0 aromatic heterocycles. The van der Waals surface area contributed by atoms with Crippen LogP contribution in [0.4, 0.5) is 11.4 Å². The number of rotatable bonds is 5. The Morgan fingerprint density at radius 2 is 1.50 bits per heavy atom. The molecule has 5 rings (SSSR count). The number of aryl methyl sites for hydroxylation is 1. The van der Waals surface area contributed by atoms with E-state index in [9.17, 15) is 13.2 Å². The average Bonchev–Trinajstić information content (AvgIpc) is 3.54. The van der Waals surface area contributed by atoms with E-state index in [1.165, 1.54) is 0 Å². The van der Waals surface area contributed by atoms with Gasteiger partial charge in [-0.25, -0.2) is 13.1 Å². The van der Waals surface area contributed by atoms with Crippen LogP contribution in [-0.4, -0.2) is 14.3 Å². The summed E-state index contributed by atoms with van der Waals surface area (Å²) < 4.78 is 28.7. The molecule has 1 aliphatic heterocycles. The van der Waals surface area contributed by atoms with Gasteiger partial charge >= 0.3 is 0 Å². The molecule has 3 aromatic carbocycles. The normalized spacial score (nSPS) is 17.5. The monoisotopic (exact) mass is 418 g/mol. The number of hydrogen-bond acceptors (Lipinski definition) is 3. The van der Waals surface area contributed by atoms with E-state index in [-0.39, 0.29) is 10.8 Å². The Labute approximate surface area is 176 Å². The van der Waals surface area contributed by atoms with Crippen molar-refractivity contribution in [3.8, 4) is 0 Å². The van der Waals surface area contributed by atoms with Crippen LogP contribution in [0.25, 0.3) is 0 Å². The van der Waals surface area contributed by atoms with E-state index in [4.69, 9.17) is 0 Å². The molecule has 3 aromatic rings. The number of nitrogens with zero attached hydrogens (tertiary/aromatic N) is 1. The quantitative estimate of drug-likeness (QED) is 0.673. The highest BCUT2D eigenvalue weighted by Crippen LogP contribution is 2.48. The summed E-state index contributed by atoms with van der Waals surface area (Å²) in [5, 5.41) is 0. The number of benzene rings is 3. The zero-order valence-electron chi connectivity index (χ0n) is 16.4. The molecular formula is C24H22N2O3S. The molecule has 30 heavy (non-hydrogen) atoms. The van der Waals surface area contributed by atoms with Crippen molar-refractivity contribution in [2.24, 2.45) is 0 Å². The van der Waals surface area contributed by atoms with E-state index < -0.39 is 15.6 Å². The van der Waals surface area contributed by atoms with E-state index in [0.29, 0.717) is 12.8 Å². The Hall–Kier alpha value is -2.96. The van der Waals surface area contributed by atoms with Crippen molar-refractivity contribution in [3.05, 3.63) is 90.0 Å². The molecule has 1 amide bonds. The van der Waals surface area contributed by atoms with Gasteiger partial charge in [-0.1, -0.05) is 48.5 Å². The minimum Gasteiger partial charge on any atom is -0.281 e. The van der Waals surface area contributed by atoms with Gasteiger partial charge in [-0.05, 0) is 60.7 Å². The second-order valence-corrected chi connectivity index (χ2v) is 9.59. The zero-order chi connectivity index (χ0) is 20.8. The molecule has 6 heteroatoms. The number of nitrogens with one attached hydrogen (secondary N) is 1. The van der Waals surface area contributed by atoms with Crippen molar-refractivity contribution >= 4 is 27.3 Å². The Bertz CT molecular complexity index is 1200. The average molecular weight is 419 g/mol. The van der Waals surface area contributed by atoms with Gasteiger partial charge in [-0.2, -0.15) is 0 Å². The van der Waals surface area contributed by atoms with Crippen molar-refractivity contribution in [2.75, 3.05) is 4.90 Å². The van der Waals surface area contributed by atoms with Crippen LogP contribution in [0.2, 0.25) is 0 Å². The Morgan fingerprint density at radius 3 is 2.17 bits per heavy atom. The van der Waals surface area contributed by atoms with Gasteiger partial charge in [0.1, 0.15) is 0 Å². The summed E-state index contributed by atoms with van der Waals surface area (Å²) in [4.78, 5) is 14.7. The molecular weight excluding hydrogens is 396 g/mol. The van der Waals surface area contributed by atoms with E-state index in [1.807, 2.05) is 42.5 Å². The number of fused-ring (bicyclic) bond motifs is 1. The van der Waals surface area contributed by atoms with Crippen LogP contribution < -0.4 is 9.62 Å². The summed E-state index contributed by atoms with van der Waals surface area (Å²) in [5.41, 5.74) is 3.19. The van der Waals surface area contributed by atoms with Gasteiger partial charge in [-0.3, -0.25) is 9.69 Å². The predicted molar refractivity (Wildman–Crippen MR) is 116 cm³/mol. The number of hydrogen-bond donors (Lipinski definition) is 1. The molecule has 0 saturated heterocycles. The maximum atomic E-state index is 12.9. The lowest BCUT2D eigenvalue weighted by atomic mass is 9.95. The van der Waals surface area contributed by atoms with Gasteiger partial charge in [0.25, 0.3) is 0 Å². The molecule has 0 atom stereocenters. The van der Waals surface area contributed by atoms with Crippen molar-refractivity contribution in [1.29, 1.82) is 0 Å². The van der Waals surface area contributed by atoms with Crippen molar-refractivity contribution in [2.45, 2.75) is 36.1 Å². The third-order valence-corrected chi connectivity index (χ3v) is 7.43. The molecule has 1 aliphatic carbocycles. The van der Waals surface area contributed by atoms with Crippen LogP contribution in [0.3, 0.4) is 0 Å². The van der Waals surface area contributed by atoms with Crippen molar-refractivity contribution in [1.82, 2.24) is 4.72 Å². The van der Waals surface area contributed by atoms with Crippen LogP contribution in [0.5, 0.6) is 0 Å². The first kappa shape index (κ1) is 19.0. The SMILES string of the molecule is O=C1CCc2cc(C3(NS(=O)(=O)c4ccccc4)CC3)ccc2N1c1ccccc1. The Kier molecular flexibility index (Phi) is 4.49. The highest BCUT2D eigenvalue weighted by Gasteiger charge is 2.48. The first-order valence-electron chi connectivity index (χ1n) is 10.1. The third-order valence-electron chi connectivity index (χ3n) is 5.88. The van der Waals surface area contributed by atoms with Gasteiger partial charge in [0.05, 0.1) is 16.1 Å². The highest BCUT2D eigenvalue weighted by atomic mass is 32.2. The fraction of sp³-hybridized carbons (Fsp3) is 0.208. The summed E-state index contributed by atoms with van der Waals surface area (Å²) >= 11 is 0. The van der Waals surface area contributed by atoms with Gasteiger partial charge in [-0.15, -0.1) is 0 Å². The van der Waals surface area contributed by atoms with E-state index in [1.54, 1.807) is 35.2 Å². The van der Waals surface area contributed by atoms with Crippen molar-refractivity contribution in [3.63, 3.8) is 0 Å². The van der Waals surface area contributed by atoms with Crippen LogP contribution in [0.15, 0.2) is 83.8 Å². The first-order valence-corrected chi connectivity index (χ1v) is 11.6. The number of sulfonamides is 1. The second-order valence-electron chi connectivity index (χ2n) is 7.91. The van der Waals surface area contributed by atoms with Crippen LogP contribution in [0.1, 0.15) is 30.4 Å². The summed E-state index contributed by atoms with van der Waals surface area (Å²) in [6, 6.07) is 24.1. The lowest BCUT2D eigenvalue weighted by molar-refractivity contribution is -0.118. The molecule has 1 saturated carbocycles. The number of amides is 1. The van der Waals surface area contributed by atoms with E-state index >= 15 is 0 Å². The number of para-hydroxylation sites is 1. The molecule has 0 unspecified atom stereocenters. The molecule has 1 fully saturated rings. The molecule has 2 aliphatic rings. The maximum absolute atomic E-state index is 12.9. The lowest BCUT2D eigenvalue weighted by Gasteiger charge is -2.30. The molecule has 152 valence electrons. The molecule has 1 N–H and O–H groups in total. The summed E-state index contributed by atoms with van der Waals surface area (Å²) in [7, 11) is -3.60. The Balaban J connectivity index is 1.48. The second kappa shape index (κ2) is 7.07. The lowest BCUT2D eigenvalue weighted by Crippen LogP contribution is -2.35. The predicted octanol–water partition coefficient (Wildman–Crippen LogP) is 4.27. The van der Waals surface area contributed by atoms with Gasteiger partial charge in [0, 0.05) is 12.1 Å². The van der Waals surface area contributed by atoms with Gasteiger partial charge in [0.15, 0.2) is 0 Å². The van der Waals surface area contributed by atoms with E-state index in [0.717, 1.165) is 35.3 Å². The first-order chi connectivity index (χ1) is 14.5. The number of carbonyl (C=O) groups excluding carboxylic acids is 1. The fourth-order valence-electron chi connectivity index (χ4n) is 4.14. The van der Waals surface area contributed by atoms with Crippen LogP contribution >= 0.6 is 0 Å². The minimum absolute atomic E-state index is 0.0763. The maximum Gasteiger partial charge on any atom is 0.241 e. The standard InChI is InChI=1S/C24H22N2O3S/c27-23-14-11-18-17-19(12-13-22(18)26(23)20-7-3-1-4-8-20)24(15-16-24)25-30(28,29)21-9-5-2-6-10-21/h1-10,12-13,17,25H,11,14-16H2. The van der Waals surface area contributed by atoms with Crippen LogP contribution in [-0.2, 0) is 26.8 Å². The number of carbonyl (C=O) groups is 1. The number of anilines is 2. The van der Waals surface area contributed by atoms with Gasteiger partial charge < -0.3 is 0 Å². The topological polar surface area (TPSA) is 66.5 Å². The van der Waals surface area contributed by atoms with Crippen molar-refractivity contribution < 1.29 is 13.2 Å². The summed E-state index contributed by atoms with van der Waals surface area (Å²) in [5.74, 6) is 0.0763. The summed E-state index contributed by atoms with van der Waals surface area (Å²) in [6.45, 7) is 0. The summed E-state index contributed by atoms with van der Waals surface area (Å²) in [6.07, 6.45) is 2.62. The highest BCUT2D eigenvalue weighted by molar-refractivity contribution is 7.89. The smallest absolute Gasteiger partial charge is 0.241 e. The zero-order valence-corrected chi connectivity index (χ0v) is 17.2.